The molecule has 1 unspecified atom stereocenters. The van der Waals surface area contributed by atoms with Gasteiger partial charge < -0.3 is 10.2 Å². The van der Waals surface area contributed by atoms with Crippen molar-refractivity contribution in [1.82, 2.24) is 4.90 Å². The highest BCUT2D eigenvalue weighted by molar-refractivity contribution is 6.64. The number of nitro benzene ring substituents is 1. The van der Waals surface area contributed by atoms with E-state index < -0.39 is 16.1 Å². The first kappa shape index (κ1) is 16.5. The highest BCUT2D eigenvalue weighted by Gasteiger charge is 2.33. The second-order valence-corrected chi connectivity index (χ2v) is 5.70. The SMILES string of the molecule is O=C(Cl)C1CC(=O)N(CCNc2ccc(Cl)cc2[N+](=O)[O-])C1. The van der Waals surface area contributed by atoms with Gasteiger partial charge in [0.25, 0.3) is 5.69 Å². The molecule has 1 aromatic carbocycles. The molecular formula is C13H13Cl2N3O4. The first-order valence-corrected chi connectivity index (χ1v) is 7.29. The van der Waals surface area contributed by atoms with Crippen molar-refractivity contribution >= 4 is 45.7 Å². The van der Waals surface area contributed by atoms with Gasteiger partial charge >= 0.3 is 0 Å². The molecule has 0 aromatic heterocycles. The summed E-state index contributed by atoms with van der Waals surface area (Å²) in [6, 6.07) is 4.31. The number of halogens is 2. The van der Waals surface area contributed by atoms with E-state index in [0.29, 0.717) is 18.8 Å². The molecule has 118 valence electrons. The molecule has 1 amide bonds. The van der Waals surface area contributed by atoms with Crippen LogP contribution in [0.25, 0.3) is 0 Å². The fraction of sp³-hybridized carbons (Fsp3) is 0.385. The second-order valence-electron chi connectivity index (χ2n) is 4.89. The van der Waals surface area contributed by atoms with E-state index >= 15 is 0 Å². The van der Waals surface area contributed by atoms with E-state index in [9.17, 15) is 19.7 Å². The van der Waals surface area contributed by atoms with Crippen LogP contribution in [0.2, 0.25) is 5.02 Å². The zero-order chi connectivity index (χ0) is 16.3. The van der Waals surface area contributed by atoms with Crippen LogP contribution in [-0.2, 0) is 9.59 Å². The largest absolute Gasteiger partial charge is 0.378 e. The molecule has 0 aliphatic carbocycles. The fourth-order valence-corrected chi connectivity index (χ4v) is 2.58. The molecule has 0 spiro atoms. The van der Waals surface area contributed by atoms with Crippen LogP contribution in [-0.4, -0.2) is 40.6 Å². The second kappa shape index (κ2) is 6.93. The molecule has 1 aliphatic heterocycles. The Bertz CT molecular complexity index is 623. The first-order chi connectivity index (χ1) is 10.4. The predicted molar refractivity (Wildman–Crippen MR) is 82.1 cm³/mol. The fourth-order valence-electron chi connectivity index (χ4n) is 2.27. The minimum atomic E-state index is -0.530. The van der Waals surface area contributed by atoms with Crippen LogP contribution >= 0.6 is 23.2 Å². The molecule has 1 heterocycles. The molecule has 0 radical (unpaired) electrons. The summed E-state index contributed by atoms with van der Waals surface area (Å²) in [4.78, 5) is 34.7. The van der Waals surface area contributed by atoms with Crippen LogP contribution in [0.4, 0.5) is 11.4 Å². The Hall–Kier alpha value is -1.86. The number of likely N-dealkylation sites (tertiary alicyclic amines) is 1. The number of nitrogens with one attached hydrogen (secondary N) is 1. The number of benzene rings is 1. The smallest absolute Gasteiger partial charge is 0.293 e. The summed E-state index contributed by atoms with van der Waals surface area (Å²) < 4.78 is 0. The molecule has 1 fully saturated rings. The minimum Gasteiger partial charge on any atom is -0.378 e. The van der Waals surface area contributed by atoms with E-state index in [2.05, 4.69) is 5.32 Å². The first-order valence-electron chi connectivity index (χ1n) is 6.53. The van der Waals surface area contributed by atoms with Gasteiger partial charge in [-0.05, 0) is 23.7 Å². The van der Waals surface area contributed by atoms with Crippen LogP contribution in [0.15, 0.2) is 18.2 Å². The van der Waals surface area contributed by atoms with Crippen LogP contribution in [0.5, 0.6) is 0 Å². The van der Waals surface area contributed by atoms with Crippen molar-refractivity contribution in [3.05, 3.63) is 33.3 Å². The third-order valence-corrected chi connectivity index (χ3v) is 3.93. The standard InChI is InChI=1S/C13H13Cl2N3O4/c14-9-1-2-10(11(6-9)18(21)22)16-3-4-17-7-8(13(15)20)5-12(17)19/h1-2,6,8,16H,3-5,7H2. The summed E-state index contributed by atoms with van der Waals surface area (Å²) in [5, 5.41) is 13.6. The average molecular weight is 346 g/mol. The molecular weight excluding hydrogens is 333 g/mol. The van der Waals surface area contributed by atoms with Crippen LogP contribution in [0.3, 0.4) is 0 Å². The zero-order valence-corrected chi connectivity index (χ0v) is 12.9. The topological polar surface area (TPSA) is 92.6 Å². The molecule has 1 aromatic rings. The Morgan fingerprint density at radius 3 is 2.82 bits per heavy atom. The Morgan fingerprint density at radius 1 is 1.50 bits per heavy atom. The third-order valence-electron chi connectivity index (χ3n) is 3.39. The third kappa shape index (κ3) is 3.86. The number of amides is 1. The maximum absolute atomic E-state index is 11.7. The molecule has 22 heavy (non-hydrogen) atoms. The van der Waals surface area contributed by atoms with Crippen LogP contribution < -0.4 is 5.32 Å². The minimum absolute atomic E-state index is 0.115. The van der Waals surface area contributed by atoms with E-state index in [0.717, 1.165) is 0 Å². The normalized spacial score (nSPS) is 17.6. The van der Waals surface area contributed by atoms with Crippen molar-refractivity contribution in [2.45, 2.75) is 6.42 Å². The Kier molecular flexibility index (Phi) is 5.20. The van der Waals surface area contributed by atoms with Gasteiger partial charge in [-0.25, -0.2) is 0 Å². The zero-order valence-electron chi connectivity index (χ0n) is 11.4. The molecule has 1 N–H and O–H groups in total. The molecule has 9 heteroatoms. The summed E-state index contributed by atoms with van der Waals surface area (Å²) in [6.07, 6.45) is 0.115. The molecule has 1 saturated heterocycles. The van der Waals surface area contributed by atoms with Gasteiger partial charge in [0.15, 0.2) is 0 Å². The Morgan fingerprint density at radius 2 is 2.23 bits per heavy atom. The number of nitro groups is 1. The molecule has 2 rings (SSSR count). The van der Waals surface area contributed by atoms with E-state index in [4.69, 9.17) is 23.2 Å². The van der Waals surface area contributed by atoms with Gasteiger partial charge in [-0.1, -0.05) is 11.6 Å². The molecule has 0 bridgehead atoms. The summed E-state index contributed by atoms with van der Waals surface area (Å²) in [7, 11) is 0. The monoisotopic (exact) mass is 345 g/mol. The number of hydrogen-bond acceptors (Lipinski definition) is 5. The van der Waals surface area contributed by atoms with E-state index in [1.54, 1.807) is 6.07 Å². The van der Waals surface area contributed by atoms with Crippen molar-refractivity contribution in [1.29, 1.82) is 0 Å². The van der Waals surface area contributed by atoms with E-state index in [1.165, 1.54) is 17.0 Å². The molecule has 0 saturated carbocycles. The van der Waals surface area contributed by atoms with Crippen molar-refractivity contribution in [2.75, 3.05) is 25.0 Å². The molecule has 1 atom stereocenters. The number of carbonyl (C=O) groups is 2. The molecule has 7 nitrogen and oxygen atoms in total. The van der Waals surface area contributed by atoms with Gasteiger partial charge in [0, 0.05) is 37.1 Å². The molecule has 1 aliphatic rings. The van der Waals surface area contributed by atoms with Crippen LogP contribution in [0.1, 0.15) is 6.42 Å². The average Bonchev–Trinajstić information content (AvgIpc) is 2.82. The quantitative estimate of drug-likeness (QED) is 0.485. The number of rotatable bonds is 6. The van der Waals surface area contributed by atoms with Gasteiger partial charge in [0.1, 0.15) is 5.69 Å². The highest BCUT2D eigenvalue weighted by Crippen LogP contribution is 2.27. The lowest BCUT2D eigenvalue weighted by Crippen LogP contribution is -2.31. The summed E-state index contributed by atoms with van der Waals surface area (Å²) in [5.41, 5.74) is 0.195. The summed E-state index contributed by atoms with van der Waals surface area (Å²) in [6.45, 7) is 0.933. The van der Waals surface area contributed by atoms with E-state index in [-0.39, 0.29) is 29.6 Å². The van der Waals surface area contributed by atoms with Gasteiger partial charge in [0.05, 0.1) is 10.8 Å². The van der Waals surface area contributed by atoms with Crippen molar-refractivity contribution in [3.8, 4) is 0 Å². The Labute approximate surface area is 136 Å². The van der Waals surface area contributed by atoms with Gasteiger partial charge in [-0.2, -0.15) is 0 Å². The van der Waals surface area contributed by atoms with Crippen LogP contribution in [0, 0.1) is 16.0 Å². The summed E-state index contributed by atoms with van der Waals surface area (Å²) >= 11 is 11.1. The predicted octanol–water partition coefficient (Wildman–Crippen LogP) is 2.27. The van der Waals surface area contributed by atoms with Gasteiger partial charge in [0.2, 0.25) is 11.1 Å². The summed E-state index contributed by atoms with van der Waals surface area (Å²) in [5.74, 6) is -0.620. The Balaban J connectivity index is 1.93. The van der Waals surface area contributed by atoms with Crippen molar-refractivity contribution in [2.24, 2.45) is 5.92 Å². The maximum Gasteiger partial charge on any atom is 0.293 e. The van der Waals surface area contributed by atoms with Crippen molar-refractivity contribution < 1.29 is 14.5 Å². The maximum atomic E-state index is 11.7. The number of nitrogens with zero attached hydrogens (tertiary/aromatic N) is 2. The lowest BCUT2D eigenvalue weighted by Gasteiger charge is -2.16. The lowest BCUT2D eigenvalue weighted by atomic mass is 10.1. The van der Waals surface area contributed by atoms with E-state index in [1.807, 2.05) is 0 Å². The number of hydrogen-bond donors (Lipinski definition) is 1. The highest BCUT2D eigenvalue weighted by atomic mass is 35.5. The van der Waals surface area contributed by atoms with Gasteiger partial charge in [-0.3, -0.25) is 19.7 Å². The van der Waals surface area contributed by atoms with Crippen molar-refractivity contribution in [3.63, 3.8) is 0 Å². The van der Waals surface area contributed by atoms with Gasteiger partial charge in [-0.15, -0.1) is 0 Å². The lowest BCUT2D eigenvalue weighted by molar-refractivity contribution is -0.383. The number of carbonyl (C=O) groups excluding carboxylic acids is 2. The number of anilines is 1.